The number of hydrogen-bond acceptors (Lipinski definition) is 2. The van der Waals surface area contributed by atoms with Gasteiger partial charge in [0.25, 0.3) is 0 Å². The van der Waals surface area contributed by atoms with Crippen molar-refractivity contribution >= 4 is 23.3 Å². The monoisotopic (exact) mass is 260 g/mol. The number of aliphatic imine (C=N–C) groups is 2. The number of benzene rings is 1. The number of fused-ring (bicyclic) bond motifs is 1. The lowest BCUT2D eigenvalue weighted by Crippen LogP contribution is -2.26. The summed E-state index contributed by atoms with van der Waals surface area (Å²) in [7, 11) is 2.09. The maximum atomic E-state index is 5.64. The van der Waals surface area contributed by atoms with E-state index in [0.717, 1.165) is 12.2 Å². The molecule has 0 fully saturated rings. The number of anilines is 1. The zero-order chi connectivity index (χ0) is 14.2. The van der Waals surface area contributed by atoms with Gasteiger partial charge in [-0.15, -0.1) is 0 Å². The molecule has 0 amide bonds. The van der Waals surface area contributed by atoms with Crippen LogP contribution in [0.4, 0.5) is 11.4 Å². The Kier molecular flexibility index (Phi) is 3.09. The molecular formula is C13H20N6. The van der Waals surface area contributed by atoms with E-state index in [9.17, 15) is 0 Å². The van der Waals surface area contributed by atoms with Crippen LogP contribution >= 0.6 is 0 Å². The molecule has 1 aromatic rings. The first-order valence-corrected chi connectivity index (χ1v) is 6.09. The van der Waals surface area contributed by atoms with Crippen LogP contribution in [0.1, 0.15) is 19.4 Å². The van der Waals surface area contributed by atoms with Crippen LogP contribution in [0.2, 0.25) is 0 Å². The van der Waals surface area contributed by atoms with Crippen molar-refractivity contribution < 1.29 is 0 Å². The maximum absolute atomic E-state index is 5.64. The molecule has 1 aliphatic heterocycles. The van der Waals surface area contributed by atoms with Gasteiger partial charge in [0.2, 0.25) is 5.96 Å². The Morgan fingerprint density at radius 1 is 1.26 bits per heavy atom. The molecule has 6 N–H and O–H groups in total. The minimum absolute atomic E-state index is 0.0594. The molecule has 1 heterocycles. The average Bonchev–Trinajstić information content (AvgIpc) is 2.48. The Hall–Kier alpha value is -2.24. The number of hydrogen-bond donors (Lipinski definition) is 3. The van der Waals surface area contributed by atoms with Crippen LogP contribution in [0.15, 0.2) is 28.2 Å². The molecular weight excluding hydrogens is 240 g/mol. The van der Waals surface area contributed by atoms with Crippen molar-refractivity contribution in [3.05, 3.63) is 23.8 Å². The SMILES string of the molecule is CN1CC(C)(C)c2cc(N=C(N)N=C(N)N)ccc21. The third-order valence-electron chi connectivity index (χ3n) is 3.24. The molecule has 0 spiro atoms. The van der Waals surface area contributed by atoms with E-state index in [0.29, 0.717) is 0 Å². The van der Waals surface area contributed by atoms with E-state index in [2.05, 4.69) is 35.8 Å². The lowest BCUT2D eigenvalue weighted by Gasteiger charge is -2.18. The summed E-state index contributed by atoms with van der Waals surface area (Å²) < 4.78 is 0. The first kappa shape index (κ1) is 13.2. The minimum Gasteiger partial charge on any atom is -0.373 e. The number of guanidine groups is 2. The van der Waals surface area contributed by atoms with E-state index in [1.54, 1.807) is 0 Å². The van der Waals surface area contributed by atoms with E-state index < -0.39 is 0 Å². The molecule has 102 valence electrons. The quantitative estimate of drug-likeness (QED) is 0.508. The van der Waals surface area contributed by atoms with Crippen molar-refractivity contribution in [1.82, 2.24) is 0 Å². The number of likely N-dealkylation sites (N-methyl/N-ethyl adjacent to an activating group) is 1. The summed E-state index contributed by atoms with van der Waals surface area (Å²) in [6, 6.07) is 5.99. The third-order valence-corrected chi connectivity index (χ3v) is 3.24. The molecule has 0 saturated carbocycles. The molecule has 0 aromatic heterocycles. The van der Waals surface area contributed by atoms with Crippen LogP contribution in [0.5, 0.6) is 0 Å². The van der Waals surface area contributed by atoms with Gasteiger partial charge >= 0.3 is 0 Å². The van der Waals surface area contributed by atoms with Crippen molar-refractivity contribution in [1.29, 1.82) is 0 Å². The Bertz CT molecular complexity index is 554. The Labute approximate surface area is 113 Å². The molecule has 0 aliphatic carbocycles. The normalized spacial score (nSPS) is 17.2. The van der Waals surface area contributed by atoms with Gasteiger partial charge in [0.1, 0.15) is 0 Å². The molecule has 1 aliphatic rings. The van der Waals surface area contributed by atoms with Crippen LogP contribution in [0.3, 0.4) is 0 Å². The summed E-state index contributed by atoms with van der Waals surface area (Å²) >= 11 is 0. The van der Waals surface area contributed by atoms with Gasteiger partial charge in [-0.1, -0.05) is 13.8 Å². The second kappa shape index (κ2) is 4.46. The van der Waals surface area contributed by atoms with Gasteiger partial charge in [0.15, 0.2) is 5.96 Å². The number of nitrogens with zero attached hydrogens (tertiary/aromatic N) is 3. The molecule has 0 atom stereocenters. The number of nitrogens with two attached hydrogens (primary N) is 3. The fourth-order valence-corrected chi connectivity index (χ4v) is 2.52. The molecule has 2 rings (SSSR count). The topological polar surface area (TPSA) is 106 Å². The van der Waals surface area contributed by atoms with Gasteiger partial charge in [-0.25, -0.2) is 4.99 Å². The summed E-state index contributed by atoms with van der Waals surface area (Å²) in [5, 5.41) is 0. The predicted octanol–water partition coefficient (Wildman–Crippen LogP) is 0.634. The van der Waals surface area contributed by atoms with Crippen LogP contribution in [0.25, 0.3) is 0 Å². The first-order valence-electron chi connectivity index (χ1n) is 6.09. The van der Waals surface area contributed by atoms with Crippen molar-refractivity contribution in [2.45, 2.75) is 19.3 Å². The molecule has 1 aromatic carbocycles. The summed E-state index contributed by atoms with van der Waals surface area (Å²) in [5.74, 6) is -0.0356. The van der Waals surface area contributed by atoms with E-state index in [4.69, 9.17) is 17.2 Å². The van der Waals surface area contributed by atoms with Gasteiger partial charge in [-0.05, 0) is 23.8 Å². The molecule has 19 heavy (non-hydrogen) atoms. The Morgan fingerprint density at radius 3 is 2.58 bits per heavy atom. The third kappa shape index (κ3) is 2.62. The average molecular weight is 260 g/mol. The fraction of sp³-hybridized carbons (Fsp3) is 0.385. The fourth-order valence-electron chi connectivity index (χ4n) is 2.52. The van der Waals surface area contributed by atoms with Crippen molar-refractivity contribution in [2.75, 3.05) is 18.5 Å². The summed E-state index contributed by atoms with van der Waals surface area (Å²) in [5.41, 5.74) is 19.5. The lowest BCUT2D eigenvalue weighted by atomic mass is 9.87. The first-order chi connectivity index (χ1) is 8.79. The molecule has 6 heteroatoms. The van der Waals surface area contributed by atoms with E-state index >= 15 is 0 Å². The van der Waals surface area contributed by atoms with Crippen LogP contribution in [-0.4, -0.2) is 25.5 Å². The van der Waals surface area contributed by atoms with E-state index in [-0.39, 0.29) is 17.3 Å². The highest BCUT2D eigenvalue weighted by Crippen LogP contribution is 2.41. The van der Waals surface area contributed by atoms with Gasteiger partial charge in [0.05, 0.1) is 5.69 Å². The second-order valence-corrected chi connectivity index (χ2v) is 5.45. The van der Waals surface area contributed by atoms with Crippen LogP contribution < -0.4 is 22.1 Å². The number of rotatable bonds is 1. The smallest absolute Gasteiger partial charge is 0.223 e. The van der Waals surface area contributed by atoms with E-state index in [1.807, 2.05) is 18.2 Å². The molecule has 0 saturated heterocycles. The molecule has 0 radical (unpaired) electrons. The highest BCUT2D eigenvalue weighted by Gasteiger charge is 2.33. The Morgan fingerprint density at radius 2 is 1.95 bits per heavy atom. The summed E-state index contributed by atoms with van der Waals surface area (Å²) in [4.78, 5) is 10.1. The summed E-state index contributed by atoms with van der Waals surface area (Å²) in [6.07, 6.45) is 0. The highest BCUT2D eigenvalue weighted by atomic mass is 15.1. The maximum Gasteiger partial charge on any atom is 0.223 e. The van der Waals surface area contributed by atoms with Crippen molar-refractivity contribution in [3.8, 4) is 0 Å². The standard InChI is InChI=1S/C13H20N6/c1-13(2)7-19(3)10-5-4-8(6-9(10)13)17-12(16)18-11(14)15/h4-6H,7H2,1-3H3,(H6,14,15,16,17,18). The van der Waals surface area contributed by atoms with E-state index in [1.165, 1.54) is 11.3 Å². The van der Waals surface area contributed by atoms with Crippen LogP contribution in [-0.2, 0) is 5.41 Å². The predicted molar refractivity (Wildman–Crippen MR) is 79.8 cm³/mol. The van der Waals surface area contributed by atoms with Gasteiger partial charge in [-0.2, -0.15) is 4.99 Å². The summed E-state index contributed by atoms with van der Waals surface area (Å²) in [6.45, 7) is 5.41. The van der Waals surface area contributed by atoms with Gasteiger partial charge in [0, 0.05) is 24.7 Å². The lowest BCUT2D eigenvalue weighted by molar-refractivity contribution is 0.563. The van der Waals surface area contributed by atoms with Crippen molar-refractivity contribution in [2.24, 2.45) is 27.2 Å². The zero-order valence-electron chi connectivity index (χ0n) is 11.5. The zero-order valence-corrected chi connectivity index (χ0v) is 11.5. The van der Waals surface area contributed by atoms with Gasteiger partial charge in [-0.3, -0.25) is 0 Å². The second-order valence-electron chi connectivity index (χ2n) is 5.45. The Balaban J connectivity index is 2.40. The highest BCUT2D eigenvalue weighted by molar-refractivity contribution is 5.93. The minimum atomic E-state index is -0.0949. The molecule has 6 nitrogen and oxygen atoms in total. The van der Waals surface area contributed by atoms with Crippen molar-refractivity contribution in [3.63, 3.8) is 0 Å². The largest absolute Gasteiger partial charge is 0.373 e. The molecule has 0 bridgehead atoms. The van der Waals surface area contributed by atoms with Crippen LogP contribution in [0, 0.1) is 0 Å². The van der Waals surface area contributed by atoms with Gasteiger partial charge < -0.3 is 22.1 Å². The molecule has 0 unspecified atom stereocenters.